The van der Waals surface area contributed by atoms with Gasteiger partial charge in [-0.05, 0) is 18.6 Å². The fourth-order valence-electron chi connectivity index (χ4n) is 3.10. The van der Waals surface area contributed by atoms with Gasteiger partial charge in [-0.25, -0.2) is 0 Å². The van der Waals surface area contributed by atoms with E-state index in [-0.39, 0.29) is 37.7 Å². The topological polar surface area (TPSA) is 122 Å². The van der Waals surface area contributed by atoms with Crippen LogP contribution >= 0.6 is 0 Å². The number of phenols is 2. The first kappa shape index (κ1) is 22.2. The molecule has 0 atom stereocenters. The van der Waals surface area contributed by atoms with E-state index in [1.54, 1.807) is 58.3 Å². The van der Waals surface area contributed by atoms with E-state index in [0.717, 1.165) is 0 Å². The highest BCUT2D eigenvalue weighted by atomic mass is 16.4. The average Bonchev–Trinajstić information content (AvgIpc) is 2.64. The van der Waals surface area contributed by atoms with Crippen molar-refractivity contribution in [2.75, 3.05) is 26.2 Å². The summed E-state index contributed by atoms with van der Waals surface area (Å²) >= 11 is 0. The van der Waals surface area contributed by atoms with E-state index in [1.807, 2.05) is 0 Å². The van der Waals surface area contributed by atoms with Gasteiger partial charge in [0, 0.05) is 37.3 Å². The average molecular weight is 402 g/mol. The smallest absolute Gasteiger partial charge is 0.317 e. The van der Waals surface area contributed by atoms with Gasteiger partial charge >= 0.3 is 11.9 Å². The Morgan fingerprint density at radius 1 is 0.690 bits per heavy atom. The first-order valence-electron chi connectivity index (χ1n) is 9.27. The summed E-state index contributed by atoms with van der Waals surface area (Å²) in [5.74, 6) is -1.74. The molecule has 156 valence electrons. The summed E-state index contributed by atoms with van der Waals surface area (Å²) in [7, 11) is 0. The monoisotopic (exact) mass is 402 g/mol. The van der Waals surface area contributed by atoms with E-state index in [0.29, 0.717) is 30.6 Å². The normalized spacial score (nSPS) is 11.1. The summed E-state index contributed by atoms with van der Waals surface area (Å²) in [6.07, 6.45) is 0.530. The number of phenolic OH excluding ortho intramolecular Hbond substituents is 2. The van der Waals surface area contributed by atoms with Crippen LogP contribution in [0.2, 0.25) is 0 Å². The van der Waals surface area contributed by atoms with Gasteiger partial charge in [-0.15, -0.1) is 0 Å². The molecule has 2 aromatic rings. The van der Waals surface area contributed by atoms with Crippen LogP contribution in [-0.4, -0.2) is 68.3 Å². The highest BCUT2D eigenvalue weighted by molar-refractivity contribution is 5.69. The van der Waals surface area contributed by atoms with Gasteiger partial charge in [0.1, 0.15) is 11.5 Å². The molecule has 0 heterocycles. The predicted molar refractivity (Wildman–Crippen MR) is 107 cm³/mol. The molecule has 0 unspecified atom stereocenters. The lowest BCUT2D eigenvalue weighted by Gasteiger charge is -2.24. The van der Waals surface area contributed by atoms with Crippen molar-refractivity contribution in [3.63, 3.8) is 0 Å². The third kappa shape index (κ3) is 7.81. The quantitative estimate of drug-likeness (QED) is 0.425. The Morgan fingerprint density at radius 3 is 1.41 bits per heavy atom. The van der Waals surface area contributed by atoms with Gasteiger partial charge in [-0.2, -0.15) is 0 Å². The van der Waals surface area contributed by atoms with Crippen molar-refractivity contribution in [3.8, 4) is 11.5 Å². The Morgan fingerprint density at radius 2 is 1.07 bits per heavy atom. The van der Waals surface area contributed by atoms with Crippen LogP contribution in [0.15, 0.2) is 48.5 Å². The van der Waals surface area contributed by atoms with Crippen LogP contribution in [0.3, 0.4) is 0 Å². The maximum absolute atomic E-state index is 11.2. The van der Waals surface area contributed by atoms with Gasteiger partial charge in [-0.3, -0.25) is 19.4 Å². The number of benzene rings is 2. The number of para-hydroxylation sites is 2. The Labute approximate surface area is 169 Å². The molecule has 29 heavy (non-hydrogen) atoms. The number of carbonyl (C=O) groups is 2. The van der Waals surface area contributed by atoms with E-state index >= 15 is 0 Å². The van der Waals surface area contributed by atoms with Crippen molar-refractivity contribution in [2.45, 2.75) is 19.5 Å². The van der Waals surface area contributed by atoms with Crippen LogP contribution in [0.4, 0.5) is 0 Å². The number of aromatic hydroxyl groups is 2. The van der Waals surface area contributed by atoms with E-state index in [4.69, 9.17) is 10.2 Å². The summed E-state index contributed by atoms with van der Waals surface area (Å²) in [5.41, 5.74) is 1.26. The van der Waals surface area contributed by atoms with Crippen LogP contribution in [0, 0.1) is 0 Å². The first-order chi connectivity index (χ1) is 13.8. The maximum atomic E-state index is 11.2. The Hall–Kier alpha value is -3.10. The second kappa shape index (κ2) is 11.0. The van der Waals surface area contributed by atoms with Gasteiger partial charge in [0.2, 0.25) is 0 Å². The van der Waals surface area contributed by atoms with Gasteiger partial charge in [0.15, 0.2) is 0 Å². The molecule has 8 nitrogen and oxygen atoms in total. The molecule has 0 aromatic heterocycles. The molecular formula is C21H26N2O6. The lowest BCUT2D eigenvalue weighted by molar-refractivity contribution is -0.139. The van der Waals surface area contributed by atoms with E-state index in [1.165, 1.54) is 0 Å². The highest BCUT2D eigenvalue weighted by Crippen LogP contribution is 2.19. The molecule has 0 bridgehead atoms. The fraction of sp³-hybridized carbons (Fsp3) is 0.333. The zero-order valence-corrected chi connectivity index (χ0v) is 16.1. The summed E-state index contributed by atoms with van der Waals surface area (Å²) in [5, 5.41) is 38.2. The van der Waals surface area contributed by atoms with Crippen molar-refractivity contribution >= 4 is 11.9 Å². The van der Waals surface area contributed by atoms with E-state index < -0.39 is 11.9 Å². The molecule has 0 saturated heterocycles. The summed E-state index contributed by atoms with van der Waals surface area (Å²) in [6, 6.07) is 13.5. The molecule has 8 heteroatoms. The maximum Gasteiger partial charge on any atom is 0.317 e. The molecular weight excluding hydrogens is 376 g/mol. The van der Waals surface area contributed by atoms with Gasteiger partial charge < -0.3 is 20.4 Å². The summed E-state index contributed by atoms with van der Waals surface area (Å²) in [6.45, 7) is 1.00. The highest BCUT2D eigenvalue weighted by Gasteiger charge is 2.15. The molecule has 0 amide bonds. The number of carboxylic acids is 2. The van der Waals surface area contributed by atoms with Crippen LogP contribution < -0.4 is 0 Å². The standard InChI is InChI=1S/C21H26N2O6/c24-18-8-3-1-6-16(18)12-22(14-20(26)27)10-5-11-23(15-21(28)29)13-17-7-2-4-9-19(17)25/h1-4,6-9,24-25H,5,10-15H2,(H,26,27)(H,28,29). The van der Waals surface area contributed by atoms with Crippen molar-refractivity contribution in [2.24, 2.45) is 0 Å². The van der Waals surface area contributed by atoms with Crippen LogP contribution in [-0.2, 0) is 22.7 Å². The number of aliphatic carboxylic acids is 2. The molecule has 0 aliphatic carbocycles. The molecule has 0 aliphatic heterocycles. The molecule has 0 fully saturated rings. The number of nitrogens with zero attached hydrogens (tertiary/aromatic N) is 2. The molecule has 0 spiro atoms. The lowest BCUT2D eigenvalue weighted by Crippen LogP contribution is -2.35. The fourth-order valence-corrected chi connectivity index (χ4v) is 3.10. The largest absolute Gasteiger partial charge is 0.508 e. The molecule has 0 aliphatic rings. The Balaban J connectivity index is 1.98. The van der Waals surface area contributed by atoms with Gasteiger partial charge in [0.25, 0.3) is 0 Å². The Bertz CT molecular complexity index is 759. The number of rotatable bonds is 12. The minimum atomic E-state index is -0.975. The number of carboxylic acid groups (broad SMARTS) is 2. The third-order valence-electron chi connectivity index (χ3n) is 4.44. The number of hydrogen-bond acceptors (Lipinski definition) is 6. The van der Waals surface area contributed by atoms with Crippen molar-refractivity contribution in [3.05, 3.63) is 59.7 Å². The minimum Gasteiger partial charge on any atom is -0.508 e. The Kier molecular flexibility index (Phi) is 8.45. The zero-order chi connectivity index (χ0) is 21.2. The molecule has 0 radical (unpaired) electrons. The van der Waals surface area contributed by atoms with Crippen LogP contribution in [0.5, 0.6) is 11.5 Å². The SMILES string of the molecule is O=C(O)CN(CCCN(CC(=O)O)Cc1ccccc1O)Cc1ccccc1O. The molecule has 4 N–H and O–H groups in total. The zero-order valence-electron chi connectivity index (χ0n) is 16.1. The summed E-state index contributed by atoms with van der Waals surface area (Å²) in [4.78, 5) is 25.8. The van der Waals surface area contributed by atoms with Gasteiger partial charge in [0.05, 0.1) is 13.1 Å². The van der Waals surface area contributed by atoms with E-state index in [9.17, 15) is 19.8 Å². The minimum absolute atomic E-state index is 0.106. The van der Waals surface area contributed by atoms with Crippen LogP contribution in [0.25, 0.3) is 0 Å². The first-order valence-corrected chi connectivity index (χ1v) is 9.27. The second-order valence-corrected chi connectivity index (χ2v) is 6.82. The summed E-state index contributed by atoms with van der Waals surface area (Å²) < 4.78 is 0. The molecule has 2 rings (SSSR count). The van der Waals surface area contributed by atoms with Crippen molar-refractivity contribution in [1.82, 2.24) is 9.80 Å². The second-order valence-electron chi connectivity index (χ2n) is 6.82. The van der Waals surface area contributed by atoms with Crippen molar-refractivity contribution in [1.29, 1.82) is 0 Å². The van der Waals surface area contributed by atoms with Crippen molar-refractivity contribution < 1.29 is 30.0 Å². The molecule has 0 saturated carbocycles. The lowest BCUT2D eigenvalue weighted by atomic mass is 10.1. The van der Waals surface area contributed by atoms with E-state index in [2.05, 4.69) is 0 Å². The van der Waals surface area contributed by atoms with Gasteiger partial charge in [-0.1, -0.05) is 36.4 Å². The van der Waals surface area contributed by atoms with Crippen LogP contribution in [0.1, 0.15) is 17.5 Å². The molecule has 2 aromatic carbocycles. The number of hydrogen-bond donors (Lipinski definition) is 4. The third-order valence-corrected chi connectivity index (χ3v) is 4.44. The predicted octanol–water partition coefficient (Wildman–Crippen LogP) is 1.96.